The van der Waals surface area contributed by atoms with Gasteiger partial charge in [-0.1, -0.05) is 17.4 Å². The molecule has 0 aliphatic carbocycles. The quantitative estimate of drug-likeness (QED) is 0.634. The number of fused-ring (bicyclic) bond motifs is 1. The summed E-state index contributed by atoms with van der Waals surface area (Å²) in [5.41, 5.74) is 1.11. The summed E-state index contributed by atoms with van der Waals surface area (Å²) in [6.45, 7) is 3.23. The molecule has 5 nitrogen and oxygen atoms in total. The summed E-state index contributed by atoms with van der Waals surface area (Å²) >= 11 is 3.03. The van der Waals surface area contributed by atoms with Crippen molar-refractivity contribution in [2.45, 2.75) is 28.9 Å². The lowest BCUT2D eigenvalue weighted by Crippen LogP contribution is -2.16. The second-order valence-electron chi connectivity index (χ2n) is 5.93. The number of sulfone groups is 1. The molecule has 0 radical (unpaired) electrons. The van der Waals surface area contributed by atoms with Gasteiger partial charge in [-0.3, -0.25) is 10.1 Å². The first kappa shape index (κ1) is 18.9. The molecule has 8 heteroatoms. The summed E-state index contributed by atoms with van der Waals surface area (Å²) in [4.78, 5) is 18.2. The van der Waals surface area contributed by atoms with Gasteiger partial charge in [0.1, 0.15) is 0 Å². The summed E-state index contributed by atoms with van der Waals surface area (Å²) in [7, 11) is -3.43. The SMILES string of the molecule is CSc1ccc2nc(NC(=O)c3cccc(S(=O)(=O)C(C)C)c3)sc2c1. The molecule has 3 aromatic rings. The number of carbonyl (C=O) groups is 1. The minimum Gasteiger partial charge on any atom is -0.298 e. The van der Waals surface area contributed by atoms with Crippen molar-refractivity contribution < 1.29 is 13.2 Å². The number of thioether (sulfide) groups is 1. The van der Waals surface area contributed by atoms with E-state index in [1.165, 1.54) is 23.5 Å². The average molecular weight is 407 g/mol. The van der Waals surface area contributed by atoms with Gasteiger partial charge in [0.25, 0.3) is 5.91 Å². The minimum atomic E-state index is -3.43. The summed E-state index contributed by atoms with van der Waals surface area (Å²) < 4.78 is 25.6. The van der Waals surface area contributed by atoms with E-state index in [0.717, 1.165) is 15.1 Å². The Morgan fingerprint density at radius 3 is 2.65 bits per heavy atom. The summed E-state index contributed by atoms with van der Waals surface area (Å²) in [5, 5.41) is 2.70. The van der Waals surface area contributed by atoms with Crippen LogP contribution in [0.2, 0.25) is 0 Å². The molecule has 3 rings (SSSR count). The van der Waals surface area contributed by atoms with Crippen molar-refractivity contribution in [1.29, 1.82) is 0 Å². The van der Waals surface area contributed by atoms with Crippen molar-refractivity contribution in [1.82, 2.24) is 4.98 Å². The third kappa shape index (κ3) is 3.77. The van der Waals surface area contributed by atoms with Crippen molar-refractivity contribution in [2.75, 3.05) is 11.6 Å². The van der Waals surface area contributed by atoms with Crippen molar-refractivity contribution >= 4 is 54.2 Å². The van der Waals surface area contributed by atoms with E-state index in [4.69, 9.17) is 0 Å². The van der Waals surface area contributed by atoms with E-state index in [1.54, 1.807) is 37.7 Å². The van der Waals surface area contributed by atoms with Gasteiger partial charge in [-0.15, -0.1) is 11.8 Å². The molecule has 0 unspecified atom stereocenters. The topological polar surface area (TPSA) is 76.1 Å². The zero-order valence-corrected chi connectivity index (χ0v) is 17.0. The lowest BCUT2D eigenvalue weighted by atomic mass is 10.2. The third-order valence-electron chi connectivity index (χ3n) is 3.86. The van der Waals surface area contributed by atoms with E-state index in [0.29, 0.717) is 5.13 Å². The molecule has 1 aromatic heterocycles. The highest BCUT2D eigenvalue weighted by Gasteiger charge is 2.20. The number of rotatable bonds is 5. The average Bonchev–Trinajstić information content (AvgIpc) is 3.02. The third-order valence-corrected chi connectivity index (χ3v) is 7.67. The fraction of sp³-hybridized carbons (Fsp3) is 0.222. The Labute approximate surface area is 160 Å². The largest absolute Gasteiger partial charge is 0.298 e. The van der Waals surface area contributed by atoms with Gasteiger partial charge >= 0.3 is 0 Å². The van der Waals surface area contributed by atoms with Gasteiger partial charge in [0.15, 0.2) is 15.0 Å². The fourth-order valence-electron chi connectivity index (χ4n) is 2.34. The van der Waals surface area contributed by atoms with Crippen LogP contribution in [-0.4, -0.2) is 30.8 Å². The number of carbonyl (C=O) groups excluding carboxylic acids is 1. The van der Waals surface area contributed by atoms with E-state index in [9.17, 15) is 13.2 Å². The smallest absolute Gasteiger partial charge is 0.257 e. The van der Waals surface area contributed by atoms with Gasteiger partial charge in [0.05, 0.1) is 20.4 Å². The number of hydrogen-bond acceptors (Lipinski definition) is 6. The van der Waals surface area contributed by atoms with Crippen molar-refractivity contribution in [3.8, 4) is 0 Å². The highest BCUT2D eigenvalue weighted by molar-refractivity contribution is 7.98. The molecule has 2 aromatic carbocycles. The van der Waals surface area contributed by atoms with Crippen LogP contribution >= 0.6 is 23.1 Å². The molecule has 136 valence electrons. The molecule has 0 atom stereocenters. The predicted molar refractivity (Wildman–Crippen MR) is 108 cm³/mol. The number of aromatic nitrogens is 1. The lowest BCUT2D eigenvalue weighted by molar-refractivity contribution is 0.102. The van der Waals surface area contributed by atoms with Crippen LogP contribution in [-0.2, 0) is 9.84 Å². The summed E-state index contributed by atoms with van der Waals surface area (Å²) in [5.74, 6) is -0.380. The predicted octanol–water partition coefficient (Wildman–Crippen LogP) is 4.45. The van der Waals surface area contributed by atoms with E-state index in [2.05, 4.69) is 10.3 Å². The first-order valence-corrected chi connectivity index (χ1v) is 11.5. The number of benzene rings is 2. The van der Waals surface area contributed by atoms with Crippen molar-refractivity contribution in [3.63, 3.8) is 0 Å². The maximum Gasteiger partial charge on any atom is 0.257 e. The van der Waals surface area contributed by atoms with E-state index >= 15 is 0 Å². The molecule has 26 heavy (non-hydrogen) atoms. The number of thiazole rings is 1. The van der Waals surface area contributed by atoms with E-state index in [1.807, 2.05) is 24.5 Å². The molecule has 0 aliphatic rings. The highest BCUT2D eigenvalue weighted by Crippen LogP contribution is 2.29. The first-order chi connectivity index (χ1) is 12.3. The molecule has 1 amide bonds. The van der Waals surface area contributed by atoms with Gasteiger partial charge in [0.2, 0.25) is 0 Å². The van der Waals surface area contributed by atoms with Crippen LogP contribution in [0.4, 0.5) is 5.13 Å². The maximum absolute atomic E-state index is 12.5. The molecule has 0 spiro atoms. The molecule has 1 heterocycles. The monoisotopic (exact) mass is 406 g/mol. The lowest BCUT2D eigenvalue weighted by Gasteiger charge is -2.09. The number of anilines is 1. The zero-order valence-electron chi connectivity index (χ0n) is 14.5. The normalized spacial score (nSPS) is 11.8. The Morgan fingerprint density at radius 1 is 1.19 bits per heavy atom. The van der Waals surface area contributed by atoms with Crippen LogP contribution in [0.15, 0.2) is 52.3 Å². The van der Waals surface area contributed by atoms with Gasteiger partial charge in [-0.2, -0.15) is 0 Å². The van der Waals surface area contributed by atoms with Crippen LogP contribution in [0.5, 0.6) is 0 Å². The Kier molecular flexibility index (Phi) is 5.36. The first-order valence-electron chi connectivity index (χ1n) is 7.91. The minimum absolute atomic E-state index is 0.147. The van der Waals surface area contributed by atoms with E-state index in [-0.39, 0.29) is 16.4 Å². The standard InChI is InChI=1S/C18H18N2O3S3/c1-11(2)26(22,23)14-6-4-5-12(9-14)17(21)20-18-19-15-8-7-13(24-3)10-16(15)25-18/h4-11H,1-3H3,(H,19,20,21). The highest BCUT2D eigenvalue weighted by atomic mass is 32.2. The van der Waals surface area contributed by atoms with Crippen LogP contribution in [0.25, 0.3) is 10.2 Å². The number of amides is 1. The van der Waals surface area contributed by atoms with Crippen LogP contribution in [0.1, 0.15) is 24.2 Å². The molecule has 0 bridgehead atoms. The molecule has 0 saturated heterocycles. The Morgan fingerprint density at radius 2 is 1.96 bits per heavy atom. The second kappa shape index (κ2) is 7.38. The van der Waals surface area contributed by atoms with Gasteiger partial charge < -0.3 is 0 Å². The molecule has 0 saturated carbocycles. The Bertz CT molecular complexity index is 1070. The molecular formula is C18H18N2O3S3. The Hall–Kier alpha value is -1.90. The zero-order chi connectivity index (χ0) is 18.9. The molecular weight excluding hydrogens is 388 g/mol. The van der Waals surface area contributed by atoms with Gasteiger partial charge in [0, 0.05) is 10.5 Å². The van der Waals surface area contributed by atoms with Crippen LogP contribution < -0.4 is 5.32 Å². The van der Waals surface area contributed by atoms with Crippen LogP contribution in [0, 0.1) is 0 Å². The second-order valence-corrected chi connectivity index (χ2v) is 10.3. The maximum atomic E-state index is 12.5. The van der Waals surface area contributed by atoms with Gasteiger partial charge in [-0.05, 0) is 56.5 Å². The number of nitrogens with zero attached hydrogens (tertiary/aromatic N) is 1. The fourth-order valence-corrected chi connectivity index (χ4v) is 4.86. The van der Waals surface area contributed by atoms with Crippen molar-refractivity contribution in [3.05, 3.63) is 48.0 Å². The number of hydrogen-bond donors (Lipinski definition) is 1. The Balaban J connectivity index is 1.86. The van der Waals surface area contributed by atoms with E-state index < -0.39 is 15.1 Å². The summed E-state index contributed by atoms with van der Waals surface area (Å²) in [6, 6.07) is 12.0. The van der Waals surface area contributed by atoms with Crippen LogP contribution in [0.3, 0.4) is 0 Å². The van der Waals surface area contributed by atoms with Crippen molar-refractivity contribution in [2.24, 2.45) is 0 Å². The molecule has 0 aliphatic heterocycles. The summed E-state index contributed by atoms with van der Waals surface area (Å²) in [6.07, 6.45) is 2.00. The van der Waals surface area contributed by atoms with Gasteiger partial charge in [-0.25, -0.2) is 13.4 Å². The molecule has 0 fully saturated rings. The number of nitrogens with one attached hydrogen (secondary N) is 1. The molecule has 1 N–H and O–H groups in total.